The van der Waals surface area contributed by atoms with Crippen molar-refractivity contribution < 1.29 is 4.42 Å². The monoisotopic (exact) mass is 605 g/mol. The van der Waals surface area contributed by atoms with Crippen molar-refractivity contribution in [1.29, 1.82) is 0 Å². The van der Waals surface area contributed by atoms with E-state index in [-0.39, 0.29) is 0 Å². The van der Waals surface area contributed by atoms with Crippen molar-refractivity contribution in [2.24, 2.45) is 0 Å². The summed E-state index contributed by atoms with van der Waals surface area (Å²) >= 11 is 1.78. The van der Waals surface area contributed by atoms with Gasteiger partial charge in [0.1, 0.15) is 11.2 Å². The van der Waals surface area contributed by atoms with Gasteiger partial charge in [-0.15, -0.1) is 11.3 Å². The van der Waals surface area contributed by atoms with E-state index in [0.717, 1.165) is 60.2 Å². The Kier molecular flexibility index (Phi) is 5.41. The summed E-state index contributed by atoms with van der Waals surface area (Å²) in [5.41, 5.74) is 4.65. The van der Waals surface area contributed by atoms with Crippen LogP contribution in [0.4, 0.5) is 0 Å². The van der Waals surface area contributed by atoms with Crippen LogP contribution in [0.3, 0.4) is 0 Å². The molecule has 3 aromatic heterocycles. The Labute approximate surface area is 267 Å². The number of aromatic nitrogens is 3. The molecule has 0 aliphatic rings. The minimum absolute atomic E-state index is 0.633. The van der Waals surface area contributed by atoms with Crippen LogP contribution < -0.4 is 0 Å². The predicted molar refractivity (Wildman–Crippen MR) is 191 cm³/mol. The third-order valence-corrected chi connectivity index (χ3v) is 10.1. The van der Waals surface area contributed by atoms with Crippen LogP contribution in [0.2, 0.25) is 0 Å². The number of nitrogens with zero attached hydrogens (tertiary/aromatic N) is 3. The third kappa shape index (κ3) is 3.69. The largest absolute Gasteiger partial charge is 0.455 e. The highest BCUT2D eigenvalue weighted by atomic mass is 32.1. The fourth-order valence-electron chi connectivity index (χ4n) is 6.90. The van der Waals surface area contributed by atoms with Crippen LogP contribution in [0.1, 0.15) is 0 Å². The van der Waals surface area contributed by atoms with E-state index in [1.807, 2.05) is 30.3 Å². The number of hydrogen-bond donors (Lipinski definition) is 0. The second-order valence-corrected chi connectivity index (χ2v) is 12.6. The van der Waals surface area contributed by atoms with Crippen LogP contribution >= 0.6 is 11.3 Å². The molecule has 0 N–H and O–H groups in total. The van der Waals surface area contributed by atoms with Crippen molar-refractivity contribution in [3.8, 4) is 34.2 Å². The molecule has 0 fully saturated rings. The molecule has 0 atom stereocenters. The van der Waals surface area contributed by atoms with Gasteiger partial charge in [0, 0.05) is 58.4 Å². The van der Waals surface area contributed by atoms with Gasteiger partial charge in [0.15, 0.2) is 17.5 Å². The van der Waals surface area contributed by atoms with E-state index in [1.165, 1.54) is 20.2 Å². The molecule has 0 amide bonds. The van der Waals surface area contributed by atoms with Crippen LogP contribution in [0.5, 0.6) is 0 Å². The van der Waals surface area contributed by atoms with Crippen molar-refractivity contribution in [2.45, 2.75) is 0 Å². The predicted octanol–water partition coefficient (Wildman–Crippen LogP) is 11.4. The minimum atomic E-state index is 0.633. The molecule has 0 saturated carbocycles. The van der Waals surface area contributed by atoms with Gasteiger partial charge >= 0.3 is 0 Å². The Morgan fingerprint density at radius 2 is 1.00 bits per heavy atom. The Morgan fingerprint density at radius 3 is 1.83 bits per heavy atom. The zero-order valence-electron chi connectivity index (χ0n) is 24.4. The minimum Gasteiger partial charge on any atom is -0.455 e. The van der Waals surface area contributed by atoms with Crippen LogP contribution in [-0.4, -0.2) is 15.0 Å². The van der Waals surface area contributed by atoms with E-state index in [1.54, 1.807) is 11.3 Å². The molecule has 0 saturated heterocycles. The molecule has 10 rings (SSSR count). The van der Waals surface area contributed by atoms with Crippen molar-refractivity contribution >= 4 is 75.0 Å². The van der Waals surface area contributed by atoms with Crippen molar-refractivity contribution in [2.75, 3.05) is 0 Å². The Bertz CT molecular complexity index is 2820. The molecule has 0 radical (unpaired) electrons. The molecule has 0 aliphatic carbocycles. The molecule has 5 heteroatoms. The summed E-state index contributed by atoms with van der Waals surface area (Å²) in [6.07, 6.45) is 0. The number of para-hydroxylation sites is 1. The first kappa shape index (κ1) is 25.4. The maximum absolute atomic E-state index is 6.58. The number of thiophene rings is 1. The van der Waals surface area contributed by atoms with E-state index < -0.39 is 0 Å². The van der Waals surface area contributed by atoms with Crippen molar-refractivity contribution in [3.63, 3.8) is 0 Å². The fourth-order valence-corrected chi connectivity index (χ4v) is 8.11. The summed E-state index contributed by atoms with van der Waals surface area (Å²) in [4.78, 5) is 15.5. The van der Waals surface area contributed by atoms with Gasteiger partial charge in [0.05, 0.1) is 0 Å². The molecule has 0 spiro atoms. The van der Waals surface area contributed by atoms with Gasteiger partial charge in [-0.3, -0.25) is 0 Å². The van der Waals surface area contributed by atoms with Gasteiger partial charge in [-0.1, -0.05) is 121 Å². The summed E-state index contributed by atoms with van der Waals surface area (Å²) in [6, 6.07) is 48.3. The molecule has 4 nitrogen and oxygen atoms in total. The highest BCUT2D eigenvalue weighted by Crippen LogP contribution is 2.44. The SMILES string of the molecule is c1ccc(-c2nc(-c3cccc4c3sc3ccccc34)nc(-c3cccc4c5oc6ccccc6c5c5ccccc5c34)n2)cc1. The number of hydrogen-bond acceptors (Lipinski definition) is 5. The summed E-state index contributed by atoms with van der Waals surface area (Å²) in [6.45, 7) is 0. The van der Waals surface area contributed by atoms with Gasteiger partial charge in [-0.2, -0.15) is 0 Å². The lowest BCUT2D eigenvalue weighted by Crippen LogP contribution is -2.01. The number of benzene rings is 7. The van der Waals surface area contributed by atoms with Gasteiger partial charge in [0.25, 0.3) is 0 Å². The fraction of sp³-hybridized carbons (Fsp3) is 0. The first-order valence-corrected chi connectivity index (χ1v) is 16.1. The van der Waals surface area contributed by atoms with Crippen molar-refractivity contribution in [1.82, 2.24) is 15.0 Å². The molecule has 0 unspecified atom stereocenters. The van der Waals surface area contributed by atoms with Gasteiger partial charge in [-0.05, 0) is 29.0 Å². The third-order valence-electron chi connectivity index (χ3n) is 8.92. The smallest absolute Gasteiger partial charge is 0.165 e. The molecule has 3 heterocycles. The van der Waals surface area contributed by atoms with Gasteiger partial charge < -0.3 is 4.42 Å². The summed E-state index contributed by atoms with van der Waals surface area (Å²) in [5, 5.41) is 9.11. The second-order valence-electron chi connectivity index (χ2n) is 11.5. The first-order chi connectivity index (χ1) is 22.8. The highest BCUT2D eigenvalue weighted by Gasteiger charge is 2.21. The Balaban J connectivity index is 1.32. The van der Waals surface area contributed by atoms with Crippen LogP contribution in [0.25, 0.3) is 97.8 Å². The highest BCUT2D eigenvalue weighted by molar-refractivity contribution is 7.26. The molecule has 46 heavy (non-hydrogen) atoms. The molecule has 10 aromatic rings. The Morgan fingerprint density at radius 1 is 0.413 bits per heavy atom. The average Bonchev–Trinajstić information content (AvgIpc) is 3.71. The van der Waals surface area contributed by atoms with E-state index in [9.17, 15) is 0 Å². The lowest BCUT2D eigenvalue weighted by molar-refractivity contribution is 0.673. The van der Waals surface area contributed by atoms with Crippen LogP contribution in [0.15, 0.2) is 144 Å². The lowest BCUT2D eigenvalue weighted by atomic mass is 9.93. The second kappa shape index (κ2) is 9.80. The first-order valence-electron chi connectivity index (χ1n) is 15.3. The molecule has 7 aromatic carbocycles. The normalized spacial score (nSPS) is 11.9. The summed E-state index contributed by atoms with van der Waals surface area (Å²) in [5.74, 6) is 1.94. The van der Waals surface area contributed by atoms with Gasteiger partial charge in [0.2, 0.25) is 0 Å². The standard InChI is InChI=1S/C41H23N3OS/c1-2-12-24(13-3-1)39-42-40(44-41(43-39)32-21-10-18-28-25-14-7-9-23-34(25)46-38(28)32)31-20-11-19-30-35(31)26-15-4-5-16-27(26)36-29-17-6-8-22-33(29)45-37(30)36/h1-23H. The summed E-state index contributed by atoms with van der Waals surface area (Å²) in [7, 11) is 0. The zero-order valence-corrected chi connectivity index (χ0v) is 25.3. The maximum atomic E-state index is 6.58. The molecular weight excluding hydrogens is 583 g/mol. The zero-order chi connectivity index (χ0) is 30.2. The van der Waals surface area contributed by atoms with Crippen LogP contribution in [-0.2, 0) is 0 Å². The van der Waals surface area contributed by atoms with E-state index in [4.69, 9.17) is 19.4 Å². The van der Waals surface area contributed by atoms with E-state index in [2.05, 4.69) is 109 Å². The number of furan rings is 1. The topological polar surface area (TPSA) is 51.8 Å². The van der Waals surface area contributed by atoms with Gasteiger partial charge in [-0.25, -0.2) is 15.0 Å². The lowest BCUT2D eigenvalue weighted by Gasteiger charge is -2.13. The van der Waals surface area contributed by atoms with Crippen LogP contribution in [0, 0.1) is 0 Å². The molecular formula is C41H23N3OS. The molecule has 0 bridgehead atoms. The van der Waals surface area contributed by atoms with E-state index >= 15 is 0 Å². The average molecular weight is 606 g/mol. The molecule has 214 valence electrons. The molecule has 0 aliphatic heterocycles. The quantitative estimate of drug-likeness (QED) is 0.188. The summed E-state index contributed by atoms with van der Waals surface area (Å²) < 4.78 is 9.00. The number of rotatable bonds is 3. The Hall–Kier alpha value is -5.91. The van der Waals surface area contributed by atoms with Crippen molar-refractivity contribution in [3.05, 3.63) is 140 Å². The van der Waals surface area contributed by atoms with E-state index in [0.29, 0.717) is 17.5 Å². The maximum Gasteiger partial charge on any atom is 0.165 e. The number of fused-ring (bicyclic) bond motifs is 11.